The Balaban J connectivity index is 2.13. The lowest BCUT2D eigenvalue weighted by atomic mass is 10.0. The fourth-order valence-electron chi connectivity index (χ4n) is 1.13. The summed E-state index contributed by atoms with van der Waals surface area (Å²) in [6.45, 7) is 0. The van der Waals surface area contributed by atoms with Crippen LogP contribution >= 0.6 is 11.8 Å². The monoisotopic (exact) mass is 129 g/mol. The molecule has 0 nitrogen and oxygen atoms in total. The molecule has 0 spiro atoms. The first-order valence-corrected chi connectivity index (χ1v) is 4.56. The lowest BCUT2D eigenvalue weighted by Gasteiger charge is -2.18. The third kappa shape index (κ3) is 1.70. The van der Waals surface area contributed by atoms with Crippen molar-refractivity contribution in [2.24, 2.45) is 0 Å². The summed E-state index contributed by atoms with van der Waals surface area (Å²) in [6, 6.07) is 0. The van der Waals surface area contributed by atoms with Crippen molar-refractivity contribution in [1.82, 2.24) is 0 Å². The smallest absolute Gasteiger partial charge is 0.00470 e. The van der Waals surface area contributed by atoms with E-state index in [0.29, 0.717) is 0 Å². The Labute approximate surface area is 56.0 Å². The lowest BCUT2D eigenvalue weighted by molar-refractivity contribution is 0.607. The molecule has 0 bridgehead atoms. The van der Waals surface area contributed by atoms with Gasteiger partial charge in [-0.25, -0.2) is 0 Å². The Morgan fingerprint density at radius 1 is 1.62 bits per heavy atom. The Kier molecular flexibility index (Phi) is 2.74. The van der Waals surface area contributed by atoms with Gasteiger partial charge in [0.2, 0.25) is 0 Å². The minimum atomic E-state index is 0.948. The SMILES string of the molecule is CSC1C[CH]CCC1. The summed E-state index contributed by atoms with van der Waals surface area (Å²) in [5.74, 6) is 0. The van der Waals surface area contributed by atoms with Gasteiger partial charge in [-0.3, -0.25) is 0 Å². The zero-order chi connectivity index (χ0) is 5.82. The van der Waals surface area contributed by atoms with Gasteiger partial charge >= 0.3 is 0 Å². The van der Waals surface area contributed by atoms with Crippen LogP contribution in [0.15, 0.2) is 0 Å². The standard InChI is InChI=1S/C7H13S/c1-8-7-5-3-2-4-6-7/h3,7H,2,4-6H2,1H3. The summed E-state index contributed by atoms with van der Waals surface area (Å²) in [7, 11) is 0. The summed E-state index contributed by atoms with van der Waals surface area (Å²) >= 11 is 2.01. The van der Waals surface area contributed by atoms with Crippen LogP contribution < -0.4 is 0 Å². The van der Waals surface area contributed by atoms with E-state index in [1.165, 1.54) is 25.7 Å². The van der Waals surface area contributed by atoms with Gasteiger partial charge in [-0.15, -0.1) is 0 Å². The van der Waals surface area contributed by atoms with E-state index in [1.54, 1.807) is 0 Å². The average Bonchev–Trinajstić information content (AvgIpc) is 1.90. The van der Waals surface area contributed by atoms with Crippen LogP contribution in [0.3, 0.4) is 0 Å². The fraction of sp³-hybridized carbons (Fsp3) is 0.857. The summed E-state index contributed by atoms with van der Waals surface area (Å²) < 4.78 is 0. The molecule has 0 aromatic carbocycles. The van der Waals surface area contributed by atoms with Crippen LogP contribution in [-0.2, 0) is 0 Å². The second-order valence-corrected chi connectivity index (χ2v) is 3.45. The van der Waals surface area contributed by atoms with Crippen molar-refractivity contribution in [1.29, 1.82) is 0 Å². The fourth-order valence-corrected chi connectivity index (χ4v) is 1.86. The van der Waals surface area contributed by atoms with Crippen molar-refractivity contribution >= 4 is 11.8 Å². The van der Waals surface area contributed by atoms with E-state index < -0.39 is 0 Å². The second kappa shape index (κ2) is 3.39. The second-order valence-electron chi connectivity index (χ2n) is 2.31. The molecule has 0 saturated heterocycles. The summed E-state index contributed by atoms with van der Waals surface area (Å²) in [5.41, 5.74) is 0. The molecule has 0 N–H and O–H groups in total. The Bertz CT molecular complexity index is 55.4. The summed E-state index contributed by atoms with van der Waals surface area (Å²) in [4.78, 5) is 0. The summed E-state index contributed by atoms with van der Waals surface area (Å²) in [5, 5.41) is 0.948. The Hall–Kier alpha value is 0.350. The van der Waals surface area contributed by atoms with E-state index >= 15 is 0 Å². The number of rotatable bonds is 1. The molecule has 0 aromatic rings. The molecule has 1 fully saturated rings. The third-order valence-electron chi connectivity index (χ3n) is 1.70. The molecule has 47 valence electrons. The van der Waals surface area contributed by atoms with Gasteiger partial charge in [-0.1, -0.05) is 12.8 Å². The maximum absolute atomic E-state index is 2.42. The summed E-state index contributed by atoms with van der Waals surface area (Å²) in [6.07, 6.45) is 10.2. The molecule has 0 aromatic heterocycles. The van der Waals surface area contributed by atoms with Gasteiger partial charge in [-0.05, 0) is 25.5 Å². The van der Waals surface area contributed by atoms with Crippen LogP contribution in [0.2, 0.25) is 0 Å². The van der Waals surface area contributed by atoms with Gasteiger partial charge in [-0.2, -0.15) is 11.8 Å². The number of hydrogen-bond acceptors (Lipinski definition) is 1. The third-order valence-corrected chi connectivity index (χ3v) is 2.79. The van der Waals surface area contributed by atoms with E-state index in [2.05, 4.69) is 12.7 Å². The van der Waals surface area contributed by atoms with Crippen LogP contribution in [0.4, 0.5) is 0 Å². The highest BCUT2D eigenvalue weighted by molar-refractivity contribution is 7.99. The Morgan fingerprint density at radius 2 is 2.50 bits per heavy atom. The maximum atomic E-state index is 2.42. The van der Waals surface area contributed by atoms with Crippen LogP contribution in [0.25, 0.3) is 0 Å². The number of thioether (sulfide) groups is 1. The molecular formula is C7H13S. The minimum absolute atomic E-state index is 0.948. The van der Waals surface area contributed by atoms with Crippen molar-refractivity contribution in [3.05, 3.63) is 6.42 Å². The van der Waals surface area contributed by atoms with Crippen LogP contribution in [0, 0.1) is 6.42 Å². The predicted molar refractivity (Wildman–Crippen MR) is 40.1 cm³/mol. The van der Waals surface area contributed by atoms with E-state index in [4.69, 9.17) is 0 Å². The van der Waals surface area contributed by atoms with E-state index in [1.807, 2.05) is 11.8 Å². The molecule has 1 unspecified atom stereocenters. The number of hydrogen-bond donors (Lipinski definition) is 0. The van der Waals surface area contributed by atoms with Crippen molar-refractivity contribution in [3.63, 3.8) is 0 Å². The molecule has 1 aliphatic rings. The van der Waals surface area contributed by atoms with E-state index in [9.17, 15) is 0 Å². The zero-order valence-corrected chi connectivity index (χ0v) is 6.21. The molecule has 1 heteroatoms. The lowest BCUT2D eigenvalue weighted by Crippen LogP contribution is -2.07. The molecule has 0 aliphatic heterocycles. The molecular weight excluding hydrogens is 116 g/mol. The quantitative estimate of drug-likeness (QED) is 0.524. The molecule has 1 aliphatic carbocycles. The first-order chi connectivity index (χ1) is 3.93. The maximum Gasteiger partial charge on any atom is 0.00470 e. The van der Waals surface area contributed by atoms with Gasteiger partial charge < -0.3 is 0 Å². The largest absolute Gasteiger partial charge is 0.162 e. The molecule has 1 saturated carbocycles. The molecule has 1 radical (unpaired) electrons. The van der Waals surface area contributed by atoms with E-state index in [0.717, 1.165) is 5.25 Å². The highest BCUT2D eigenvalue weighted by Crippen LogP contribution is 2.25. The first-order valence-electron chi connectivity index (χ1n) is 3.28. The van der Waals surface area contributed by atoms with Crippen molar-refractivity contribution < 1.29 is 0 Å². The molecule has 1 rings (SSSR count). The van der Waals surface area contributed by atoms with Crippen LogP contribution in [-0.4, -0.2) is 11.5 Å². The predicted octanol–water partition coefficient (Wildman–Crippen LogP) is 2.50. The average molecular weight is 129 g/mol. The molecule has 0 heterocycles. The molecule has 1 atom stereocenters. The minimum Gasteiger partial charge on any atom is -0.162 e. The first kappa shape index (κ1) is 6.47. The van der Waals surface area contributed by atoms with Gasteiger partial charge in [0.15, 0.2) is 0 Å². The van der Waals surface area contributed by atoms with Crippen molar-refractivity contribution in [3.8, 4) is 0 Å². The van der Waals surface area contributed by atoms with Gasteiger partial charge in [0.25, 0.3) is 0 Å². The zero-order valence-electron chi connectivity index (χ0n) is 5.39. The van der Waals surface area contributed by atoms with Gasteiger partial charge in [0.05, 0.1) is 0 Å². The van der Waals surface area contributed by atoms with Gasteiger partial charge in [0, 0.05) is 5.25 Å². The molecule has 0 amide bonds. The van der Waals surface area contributed by atoms with Crippen LogP contribution in [0.5, 0.6) is 0 Å². The topological polar surface area (TPSA) is 0 Å². The molecule has 8 heavy (non-hydrogen) atoms. The highest BCUT2D eigenvalue weighted by Gasteiger charge is 2.10. The van der Waals surface area contributed by atoms with Gasteiger partial charge in [0.1, 0.15) is 0 Å². The van der Waals surface area contributed by atoms with Crippen molar-refractivity contribution in [2.75, 3.05) is 6.26 Å². The van der Waals surface area contributed by atoms with E-state index in [-0.39, 0.29) is 0 Å². The van der Waals surface area contributed by atoms with Crippen molar-refractivity contribution in [2.45, 2.75) is 30.9 Å². The Morgan fingerprint density at radius 3 is 2.88 bits per heavy atom. The highest BCUT2D eigenvalue weighted by atomic mass is 32.2. The van der Waals surface area contributed by atoms with Crippen LogP contribution in [0.1, 0.15) is 25.7 Å². The normalized spacial score (nSPS) is 23.6.